The molecule has 0 bridgehead atoms. The number of carbonyl (C=O) groups excluding carboxylic acids is 1. The van der Waals surface area contributed by atoms with E-state index in [0.29, 0.717) is 16.7 Å². The van der Waals surface area contributed by atoms with Crippen LogP contribution in [0.1, 0.15) is 11.4 Å². The number of sulfonamides is 1. The molecule has 0 aliphatic heterocycles. The number of hydrogen-bond donors (Lipinski definition) is 1. The molecular weight excluding hydrogens is 441 g/mol. The summed E-state index contributed by atoms with van der Waals surface area (Å²) in [5, 5.41) is 11.1. The van der Waals surface area contributed by atoms with E-state index in [1.165, 1.54) is 10.4 Å². The van der Waals surface area contributed by atoms with Crippen LogP contribution < -0.4 is 9.62 Å². The molecule has 2 aromatic carbocycles. The Morgan fingerprint density at radius 3 is 2.58 bits per heavy atom. The largest absolute Gasteiger partial charge is 0.323 e. The molecule has 3 aromatic rings. The molecule has 1 amide bonds. The zero-order valence-corrected chi connectivity index (χ0v) is 18.9. The highest BCUT2D eigenvalue weighted by Gasteiger charge is 2.21. The summed E-state index contributed by atoms with van der Waals surface area (Å²) in [6, 6.07) is 13.2. The Bertz CT molecular complexity index is 1180. The summed E-state index contributed by atoms with van der Waals surface area (Å²) in [4.78, 5) is 12.2. The molecule has 0 spiro atoms. The van der Waals surface area contributed by atoms with Crippen LogP contribution in [0.3, 0.4) is 0 Å². The summed E-state index contributed by atoms with van der Waals surface area (Å²) >= 11 is 1.12. The molecule has 0 saturated heterocycles. The molecule has 0 saturated carbocycles. The number of para-hydroxylation sites is 1. The SMILES string of the molecule is Cc1ccc(F)c(NC(=O)CSc2nnc(CN(c3ccccc3)S(C)(=O)=O)n2C)c1. The van der Waals surface area contributed by atoms with Crippen molar-refractivity contribution in [2.24, 2.45) is 7.05 Å². The predicted molar refractivity (Wildman–Crippen MR) is 119 cm³/mol. The number of carbonyl (C=O) groups is 1. The fraction of sp³-hybridized carbons (Fsp3) is 0.250. The number of nitrogens with one attached hydrogen (secondary N) is 1. The van der Waals surface area contributed by atoms with Crippen LogP contribution in [-0.2, 0) is 28.4 Å². The Labute approximate surface area is 184 Å². The molecule has 0 aliphatic carbocycles. The fourth-order valence-corrected chi connectivity index (χ4v) is 4.37. The third-order valence-corrected chi connectivity index (χ3v) is 6.54. The van der Waals surface area contributed by atoms with Crippen LogP contribution in [0.15, 0.2) is 53.7 Å². The van der Waals surface area contributed by atoms with Gasteiger partial charge in [-0.3, -0.25) is 9.10 Å². The van der Waals surface area contributed by atoms with Gasteiger partial charge >= 0.3 is 0 Å². The molecule has 1 heterocycles. The second-order valence-corrected chi connectivity index (χ2v) is 9.73. The first-order valence-electron chi connectivity index (χ1n) is 9.25. The standard InChI is InChI=1S/C20H22FN5O3S2/c1-14-9-10-16(21)17(11-14)22-19(27)13-30-20-24-23-18(25(20)2)12-26(31(3,28)29)15-7-5-4-6-8-15/h4-11H,12-13H2,1-3H3,(H,22,27). The van der Waals surface area contributed by atoms with Crippen LogP contribution in [-0.4, -0.2) is 41.1 Å². The molecule has 164 valence electrons. The van der Waals surface area contributed by atoms with Crippen molar-refractivity contribution in [2.45, 2.75) is 18.6 Å². The van der Waals surface area contributed by atoms with Gasteiger partial charge in [0.1, 0.15) is 5.82 Å². The molecule has 0 atom stereocenters. The highest BCUT2D eigenvalue weighted by Crippen LogP contribution is 2.22. The monoisotopic (exact) mass is 463 g/mol. The minimum atomic E-state index is -3.55. The lowest BCUT2D eigenvalue weighted by atomic mass is 10.2. The minimum absolute atomic E-state index is 0.00612. The fourth-order valence-electron chi connectivity index (χ4n) is 2.78. The van der Waals surface area contributed by atoms with Crippen LogP contribution in [0.5, 0.6) is 0 Å². The quantitative estimate of drug-likeness (QED) is 0.516. The smallest absolute Gasteiger partial charge is 0.234 e. The average Bonchev–Trinajstić information content (AvgIpc) is 3.06. The minimum Gasteiger partial charge on any atom is -0.323 e. The lowest BCUT2D eigenvalue weighted by Gasteiger charge is -2.21. The molecule has 31 heavy (non-hydrogen) atoms. The molecule has 0 radical (unpaired) electrons. The maximum atomic E-state index is 13.8. The van der Waals surface area contributed by atoms with E-state index in [4.69, 9.17) is 0 Å². The van der Waals surface area contributed by atoms with Gasteiger partial charge in [0.2, 0.25) is 15.9 Å². The third kappa shape index (κ3) is 5.82. The van der Waals surface area contributed by atoms with Crippen LogP contribution in [0.2, 0.25) is 0 Å². The van der Waals surface area contributed by atoms with E-state index in [1.807, 2.05) is 0 Å². The molecule has 11 heteroatoms. The molecular formula is C20H22FN5O3S2. The summed E-state index contributed by atoms with van der Waals surface area (Å²) in [6.07, 6.45) is 1.13. The molecule has 0 unspecified atom stereocenters. The second kappa shape index (κ2) is 9.48. The van der Waals surface area contributed by atoms with E-state index in [2.05, 4.69) is 15.5 Å². The van der Waals surface area contributed by atoms with Gasteiger partial charge in [-0.05, 0) is 36.8 Å². The number of nitrogens with zero attached hydrogens (tertiary/aromatic N) is 4. The summed E-state index contributed by atoms with van der Waals surface area (Å²) in [5.41, 5.74) is 1.47. The number of anilines is 2. The van der Waals surface area contributed by atoms with Gasteiger partial charge < -0.3 is 9.88 Å². The number of benzene rings is 2. The third-order valence-electron chi connectivity index (χ3n) is 4.38. The van der Waals surface area contributed by atoms with E-state index >= 15 is 0 Å². The number of halogens is 1. The Hall–Kier alpha value is -2.92. The Kier molecular flexibility index (Phi) is 6.96. The van der Waals surface area contributed by atoms with Gasteiger partial charge in [-0.1, -0.05) is 36.0 Å². The lowest BCUT2D eigenvalue weighted by molar-refractivity contribution is -0.113. The number of thioether (sulfide) groups is 1. The first-order valence-corrected chi connectivity index (χ1v) is 12.1. The van der Waals surface area contributed by atoms with E-state index in [-0.39, 0.29) is 23.9 Å². The lowest BCUT2D eigenvalue weighted by Crippen LogP contribution is -2.30. The highest BCUT2D eigenvalue weighted by atomic mass is 32.2. The first kappa shape index (κ1) is 22.8. The zero-order chi connectivity index (χ0) is 22.6. The van der Waals surface area contributed by atoms with Crippen molar-refractivity contribution in [1.29, 1.82) is 0 Å². The van der Waals surface area contributed by atoms with Crippen LogP contribution in [0.4, 0.5) is 15.8 Å². The molecule has 3 rings (SSSR count). The van der Waals surface area contributed by atoms with Crippen molar-refractivity contribution in [3.8, 4) is 0 Å². The number of rotatable bonds is 8. The van der Waals surface area contributed by atoms with Crippen molar-refractivity contribution >= 4 is 39.1 Å². The topological polar surface area (TPSA) is 97.2 Å². The van der Waals surface area contributed by atoms with Crippen LogP contribution in [0.25, 0.3) is 0 Å². The molecule has 0 fully saturated rings. The maximum absolute atomic E-state index is 13.8. The molecule has 1 aromatic heterocycles. The Morgan fingerprint density at radius 2 is 1.90 bits per heavy atom. The van der Waals surface area contributed by atoms with E-state index in [9.17, 15) is 17.6 Å². The van der Waals surface area contributed by atoms with Gasteiger partial charge in [0.15, 0.2) is 11.0 Å². The number of amides is 1. The summed E-state index contributed by atoms with van der Waals surface area (Å²) < 4.78 is 41.2. The van der Waals surface area contributed by atoms with Crippen molar-refractivity contribution in [1.82, 2.24) is 14.8 Å². The zero-order valence-electron chi connectivity index (χ0n) is 17.2. The van der Waals surface area contributed by atoms with Crippen LogP contribution >= 0.6 is 11.8 Å². The Balaban J connectivity index is 1.68. The maximum Gasteiger partial charge on any atom is 0.234 e. The molecule has 0 aliphatic rings. The van der Waals surface area contributed by atoms with Crippen LogP contribution in [0, 0.1) is 12.7 Å². The summed E-state index contributed by atoms with van der Waals surface area (Å²) in [5.74, 6) is -0.483. The van der Waals surface area contributed by atoms with Gasteiger partial charge in [0.25, 0.3) is 0 Å². The van der Waals surface area contributed by atoms with Crippen molar-refractivity contribution in [3.05, 3.63) is 65.7 Å². The van der Waals surface area contributed by atoms with Crippen molar-refractivity contribution < 1.29 is 17.6 Å². The Morgan fingerprint density at radius 1 is 1.19 bits per heavy atom. The highest BCUT2D eigenvalue weighted by molar-refractivity contribution is 7.99. The van der Waals surface area contributed by atoms with E-state index in [1.54, 1.807) is 61.0 Å². The number of aromatic nitrogens is 3. The first-order chi connectivity index (χ1) is 14.6. The van der Waals surface area contributed by atoms with E-state index in [0.717, 1.165) is 23.6 Å². The van der Waals surface area contributed by atoms with Crippen molar-refractivity contribution in [2.75, 3.05) is 21.6 Å². The second-order valence-electron chi connectivity index (χ2n) is 6.88. The van der Waals surface area contributed by atoms with E-state index < -0.39 is 15.8 Å². The van der Waals surface area contributed by atoms with Gasteiger partial charge in [-0.2, -0.15) is 0 Å². The predicted octanol–water partition coefficient (Wildman–Crippen LogP) is 2.96. The average molecular weight is 464 g/mol. The van der Waals surface area contributed by atoms with Gasteiger partial charge in [0, 0.05) is 7.05 Å². The summed E-state index contributed by atoms with van der Waals surface area (Å²) in [6.45, 7) is 1.80. The normalized spacial score (nSPS) is 11.4. The summed E-state index contributed by atoms with van der Waals surface area (Å²) in [7, 11) is -1.85. The molecule has 8 nitrogen and oxygen atoms in total. The molecule has 1 N–H and O–H groups in total. The number of hydrogen-bond acceptors (Lipinski definition) is 6. The van der Waals surface area contributed by atoms with Crippen molar-refractivity contribution in [3.63, 3.8) is 0 Å². The van der Waals surface area contributed by atoms with Gasteiger partial charge in [-0.25, -0.2) is 12.8 Å². The van der Waals surface area contributed by atoms with Gasteiger partial charge in [-0.15, -0.1) is 10.2 Å². The van der Waals surface area contributed by atoms with Gasteiger partial charge in [0.05, 0.1) is 29.9 Å². The number of aryl methyl sites for hydroxylation is 1.